The highest BCUT2D eigenvalue weighted by atomic mass is 32.2. The fourth-order valence-corrected chi connectivity index (χ4v) is 4.25. The first-order valence-corrected chi connectivity index (χ1v) is 8.64. The van der Waals surface area contributed by atoms with Crippen LogP contribution in [0.3, 0.4) is 0 Å². The molecule has 5 heteroatoms. The van der Waals surface area contributed by atoms with Crippen LogP contribution in [0.15, 0.2) is 18.2 Å². The molecule has 2 atom stereocenters. The number of thioether (sulfide) groups is 1. The minimum atomic E-state index is -0.907. The maximum absolute atomic E-state index is 11.4. The van der Waals surface area contributed by atoms with Gasteiger partial charge in [0.15, 0.2) is 0 Å². The summed E-state index contributed by atoms with van der Waals surface area (Å²) >= 11 is 1.94. The van der Waals surface area contributed by atoms with Crippen molar-refractivity contribution in [3.63, 3.8) is 0 Å². The van der Waals surface area contributed by atoms with E-state index in [9.17, 15) is 9.90 Å². The van der Waals surface area contributed by atoms with Crippen LogP contribution in [0, 0.1) is 6.92 Å². The summed E-state index contributed by atoms with van der Waals surface area (Å²) in [6.07, 6.45) is 6.98. The Hall–Kier alpha value is -1.49. The van der Waals surface area contributed by atoms with Crippen LogP contribution in [0.1, 0.15) is 47.9 Å². The number of fused-ring (bicyclic) bond motifs is 1. The van der Waals surface area contributed by atoms with E-state index in [1.54, 1.807) is 6.07 Å². The second kappa shape index (κ2) is 5.72. The normalized spacial score (nSPS) is 22.6. The van der Waals surface area contributed by atoms with Gasteiger partial charge in [-0.2, -0.15) is 11.8 Å². The van der Waals surface area contributed by atoms with Crippen LogP contribution in [0.25, 0.3) is 11.0 Å². The molecule has 21 heavy (non-hydrogen) atoms. The summed E-state index contributed by atoms with van der Waals surface area (Å²) < 4.78 is 2.25. The molecule has 1 aromatic heterocycles. The first-order valence-electron chi connectivity index (χ1n) is 7.35. The molecule has 1 aromatic carbocycles. The lowest BCUT2D eigenvalue weighted by atomic mass is 9.94. The predicted molar refractivity (Wildman–Crippen MR) is 86.2 cm³/mol. The molecule has 0 radical (unpaired) electrons. The molecule has 0 aliphatic heterocycles. The van der Waals surface area contributed by atoms with Crippen molar-refractivity contribution in [2.75, 3.05) is 6.26 Å². The number of benzene rings is 1. The number of carboxylic acid groups (broad SMARTS) is 1. The van der Waals surface area contributed by atoms with Gasteiger partial charge in [0.25, 0.3) is 0 Å². The number of hydrogen-bond donors (Lipinski definition) is 1. The van der Waals surface area contributed by atoms with Crippen molar-refractivity contribution in [1.82, 2.24) is 9.55 Å². The van der Waals surface area contributed by atoms with Crippen molar-refractivity contribution in [2.45, 2.75) is 43.9 Å². The minimum Gasteiger partial charge on any atom is -0.478 e. The third kappa shape index (κ3) is 2.55. The van der Waals surface area contributed by atoms with Crippen LogP contribution in [-0.2, 0) is 0 Å². The number of carboxylic acids is 1. The summed E-state index contributed by atoms with van der Waals surface area (Å²) in [7, 11) is 0. The highest BCUT2D eigenvalue weighted by Crippen LogP contribution is 2.37. The van der Waals surface area contributed by atoms with Crippen LogP contribution in [0.4, 0.5) is 0 Å². The lowest BCUT2D eigenvalue weighted by Crippen LogP contribution is -2.21. The van der Waals surface area contributed by atoms with Crippen LogP contribution in [0.2, 0.25) is 0 Å². The fraction of sp³-hybridized carbons (Fsp3) is 0.500. The second-order valence-electron chi connectivity index (χ2n) is 5.69. The number of carbonyl (C=O) groups is 1. The number of aromatic nitrogens is 2. The molecular weight excluding hydrogens is 284 g/mol. The Morgan fingerprint density at radius 1 is 1.43 bits per heavy atom. The highest BCUT2D eigenvalue weighted by Gasteiger charge is 2.26. The molecule has 1 heterocycles. The van der Waals surface area contributed by atoms with Gasteiger partial charge >= 0.3 is 5.97 Å². The van der Waals surface area contributed by atoms with E-state index in [1.807, 2.05) is 30.8 Å². The Morgan fingerprint density at radius 2 is 2.24 bits per heavy atom. The molecule has 1 aliphatic carbocycles. The lowest BCUT2D eigenvalue weighted by Gasteiger charge is -2.30. The Morgan fingerprint density at radius 3 is 2.95 bits per heavy atom. The standard InChI is InChI=1S/C16H20N2O2S/c1-10-17-15-13(16(19)20)7-4-8-14(15)18(10)11-5-3-6-12(9-11)21-2/h4,7-8,11-12H,3,5-6,9H2,1-2H3,(H,19,20). The van der Waals surface area contributed by atoms with Gasteiger partial charge in [-0.05, 0) is 44.6 Å². The average Bonchev–Trinajstić information content (AvgIpc) is 2.82. The smallest absolute Gasteiger partial charge is 0.337 e. The molecule has 1 aliphatic rings. The molecule has 1 fully saturated rings. The maximum Gasteiger partial charge on any atom is 0.337 e. The van der Waals surface area contributed by atoms with E-state index in [2.05, 4.69) is 15.8 Å². The molecule has 1 saturated carbocycles. The fourth-order valence-electron chi connectivity index (χ4n) is 3.44. The summed E-state index contributed by atoms with van der Waals surface area (Å²) in [6, 6.07) is 5.88. The zero-order valence-electron chi connectivity index (χ0n) is 12.4. The van der Waals surface area contributed by atoms with Crippen molar-refractivity contribution in [1.29, 1.82) is 0 Å². The number of rotatable bonds is 3. The number of nitrogens with zero attached hydrogens (tertiary/aromatic N) is 2. The first kappa shape index (κ1) is 14.4. The molecule has 0 bridgehead atoms. The van der Waals surface area contributed by atoms with Crippen LogP contribution in [0.5, 0.6) is 0 Å². The van der Waals surface area contributed by atoms with Crippen LogP contribution in [-0.4, -0.2) is 32.1 Å². The Bertz CT molecular complexity index is 680. The molecule has 2 aromatic rings. The third-order valence-electron chi connectivity index (χ3n) is 4.42. The molecular formula is C16H20N2O2S. The second-order valence-corrected chi connectivity index (χ2v) is 6.82. The number of aromatic carboxylic acids is 1. The number of aryl methyl sites for hydroxylation is 1. The monoisotopic (exact) mass is 304 g/mol. The van der Waals surface area contributed by atoms with Gasteiger partial charge in [0, 0.05) is 11.3 Å². The van der Waals surface area contributed by atoms with Gasteiger partial charge in [-0.1, -0.05) is 12.5 Å². The molecule has 0 saturated heterocycles. The van der Waals surface area contributed by atoms with Gasteiger partial charge in [0.05, 0.1) is 11.1 Å². The van der Waals surface area contributed by atoms with Crippen LogP contribution >= 0.6 is 11.8 Å². The number of imidazole rings is 1. The Balaban J connectivity index is 2.08. The Kier molecular flexibility index (Phi) is 3.93. The SMILES string of the molecule is CSC1CCCC(n2c(C)nc3c(C(=O)O)cccc32)C1. The quantitative estimate of drug-likeness (QED) is 0.934. The summed E-state index contributed by atoms with van der Waals surface area (Å²) in [5.74, 6) is 0.0151. The zero-order valence-corrected chi connectivity index (χ0v) is 13.2. The van der Waals surface area contributed by atoms with Gasteiger partial charge in [0.1, 0.15) is 11.3 Å². The van der Waals surface area contributed by atoms with E-state index in [-0.39, 0.29) is 0 Å². The summed E-state index contributed by atoms with van der Waals surface area (Å²) in [4.78, 5) is 15.9. The van der Waals surface area contributed by atoms with E-state index in [0.717, 1.165) is 24.2 Å². The van der Waals surface area contributed by atoms with Gasteiger partial charge in [-0.3, -0.25) is 0 Å². The van der Waals surface area contributed by atoms with E-state index in [1.165, 1.54) is 12.8 Å². The van der Waals surface area contributed by atoms with E-state index in [0.29, 0.717) is 22.4 Å². The topological polar surface area (TPSA) is 55.1 Å². The van der Waals surface area contributed by atoms with Crippen molar-refractivity contribution >= 4 is 28.8 Å². The van der Waals surface area contributed by atoms with Gasteiger partial charge in [0.2, 0.25) is 0 Å². The first-order chi connectivity index (χ1) is 10.1. The largest absolute Gasteiger partial charge is 0.478 e. The Labute approximate surface area is 128 Å². The van der Waals surface area contributed by atoms with Crippen molar-refractivity contribution in [2.24, 2.45) is 0 Å². The van der Waals surface area contributed by atoms with E-state index >= 15 is 0 Å². The highest BCUT2D eigenvalue weighted by molar-refractivity contribution is 7.99. The van der Waals surface area contributed by atoms with Crippen molar-refractivity contribution in [3.05, 3.63) is 29.6 Å². The van der Waals surface area contributed by atoms with Crippen molar-refractivity contribution < 1.29 is 9.90 Å². The van der Waals surface area contributed by atoms with Gasteiger partial charge in [-0.25, -0.2) is 9.78 Å². The van der Waals surface area contributed by atoms with Crippen molar-refractivity contribution in [3.8, 4) is 0 Å². The summed E-state index contributed by atoms with van der Waals surface area (Å²) in [5.41, 5.74) is 1.87. The molecule has 2 unspecified atom stereocenters. The molecule has 0 amide bonds. The molecule has 1 N–H and O–H groups in total. The predicted octanol–water partition coefficient (Wildman–Crippen LogP) is 3.89. The summed E-state index contributed by atoms with van der Waals surface area (Å²) in [5, 5.41) is 10.0. The molecule has 112 valence electrons. The van der Waals surface area contributed by atoms with Gasteiger partial charge < -0.3 is 9.67 Å². The lowest BCUT2D eigenvalue weighted by molar-refractivity contribution is 0.0699. The maximum atomic E-state index is 11.4. The molecule has 4 nitrogen and oxygen atoms in total. The summed E-state index contributed by atoms with van der Waals surface area (Å²) in [6.45, 7) is 1.98. The van der Waals surface area contributed by atoms with E-state index in [4.69, 9.17) is 0 Å². The van der Waals surface area contributed by atoms with Crippen LogP contribution < -0.4 is 0 Å². The molecule has 0 spiro atoms. The average molecular weight is 304 g/mol. The van der Waals surface area contributed by atoms with Gasteiger partial charge in [-0.15, -0.1) is 0 Å². The van der Waals surface area contributed by atoms with E-state index < -0.39 is 5.97 Å². The zero-order chi connectivity index (χ0) is 15.0. The molecule has 3 rings (SSSR count). The third-order valence-corrected chi connectivity index (χ3v) is 5.52. The number of hydrogen-bond acceptors (Lipinski definition) is 3. The minimum absolute atomic E-state index is 0.298. The number of para-hydroxylation sites is 1.